The zero-order chi connectivity index (χ0) is 28.7. The van der Waals surface area contributed by atoms with Crippen LogP contribution in [-0.4, -0.2) is 51.7 Å². The van der Waals surface area contributed by atoms with Crippen LogP contribution in [0.25, 0.3) is 0 Å². The van der Waals surface area contributed by atoms with Crippen LogP contribution >= 0.6 is 7.82 Å². The zero-order valence-corrected chi connectivity index (χ0v) is 23.9. The highest BCUT2D eigenvalue weighted by atomic mass is 31.2. The van der Waals surface area contributed by atoms with E-state index < -0.39 is 50.8 Å². The molecule has 1 aromatic heterocycles. The number of rotatable bonds is 20. The lowest BCUT2D eigenvalue weighted by atomic mass is 10.0. The molecular formula is C27H46N2O9P+. The number of esters is 1. The second-order valence-electron chi connectivity index (χ2n) is 10.2. The number of aromatic nitrogens is 1. The van der Waals surface area contributed by atoms with Gasteiger partial charge in [0, 0.05) is 12.5 Å². The smallest absolute Gasteiger partial charge is 0.449 e. The maximum Gasteiger partial charge on any atom is 0.469 e. The number of aliphatic hydroxyl groups is 1. The summed E-state index contributed by atoms with van der Waals surface area (Å²) < 4.78 is 28.3. The Morgan fingerprint density at radius 3 is 2.10 bits per heavy atom. The van der Waals surface area contributed by atoms with Gasteiger partial charge in [0.2, 0.25) is 6.10 Å². The van der Waals surface area contributed by atoms with Crippen molar-refractivity contribution in [2.45, 2.75) is 121 Å². The Morgan fingerprint density at radius 1 is 1.00 bits per heavy atom. The maximum absolute atomic E-state index is 12.6. The molecule has 1 fully saturated rings. The Balaban J connectivity index is 1.78. The van der Waals surface area contributed by atoms with Crippen LogP contribution in [0.2, 0.25) is 0 Å². The molecule has 1 aliphatic heterocycles. The molecule has 0 aromatic carbocycles. The van der Waals surface area contributed by atoms with Gasteiger partial charge in [-0.15, -0.1) is 0 Å². The van der Waals surface area contributed by atoms with Gasteiger partial charge in [0.25, 0.3) is 5.91 Å². The number of carbonyl (C=O) groups excluding carboxylic acids is 2. The van der Waals surface area contributed by atoms with Crippen molar-refractivity contribution in [3.05, 3.63) is 30.1 Å². The molecule has 1 saturated heterocycles. The van der Waals surface area contributed by atoms with Crippen molar-refractivity contribution in [1.29, 1.82) is 0 Å². The summed E-state index contributed by atoms with van der Waals surface area (Å²) in [6, 6.07) is 3.04. The minimum atomic E-state index is -4.81. The second kappa shape index (κ2) is 17.7. The molecule has 5 N–H and O–H groups in total. The fourth-order valence-electron chi connectivity index (χ4n) is 4.69. The molecule has 1 amide bonds. The number of primary amides is 1. The third-order valence-electron chi connectivity index (χ3n) is 6.87. The standard InChI is InChI=1S/C27H45N2O9P/c1-2-3-4-5-6-7-8-9-10-11-12-13-14-17-23(30)38-25-24(31)22(20-36-39(33,34)35)37-27(25)29-18-15-16-21(19-29)26(28)32/h15-16,18-19,22,24-25,27,31H,2-14,17,20H2,1H3,(H3-,28,32,33,34,35)/p+1/t22-,24?,25+,27-/m1/s1. The number of phosphoric ester groups is 1. The van der Waals surface area contributed by atoms with Crippen LogP contribution in [0.4, 0.5) is 0 Å². The molecule has 4 atom stereocenters. The fraction of sp³-hybridized carbons (Fsp3) is 0.741. The molecule has 222 valence electrons. The molecule has 2 heterocycles. The summed E-state index contributed by atoms with van der Waals surface area (Å²) in [7, 11) is -4.81. The van der Waals surface area contributed by atoms with E-state index in [2.05, 4.69) is 11.4 Å². The number of hydrogen-bond acceptors (Lipinski definition) is 7. The number of carbonyl (C=O) groups is 2. The second-order valence-corrected chi connectivity index (χ2v) is 11.4. The van der Waals surface area contributed by atoms with E-state index in [1.807, 2.05) is 0 Å². The van der Waals surface area contributed by atoms with Gasteiger partial charge >= 0.3 is 20.0 Å². The summed E-state index contributed by atoms with van der Waals surface area (Å²) in [5.74, 6) is -1.20. The summed E-state index contributed by atoms with van der Waals surface area (Å²) in [5.41, 5.74) is 5.52. The first-order chi connectivity index (χ1) is 18.6. The van der Waals surface area contributed by atoms with Gasteiger partial charge < -0.3 is 30.1 Å². The van der Waals surface area contributed by atoms with E-state index >= 15 is 0 Å². The lowest BCUT2D eigenvalue weighted by molar-refractivity contribution is -0.765. The molecule has 0 spiro atoms. The van der Waals surface area contributed by atoms with E-state index in [9.17, 15) is 19.3 Å². The monoisotopic (exact) mass is 573 g/mol. The topological polar surface area (TPSA) is 169 Å². The van der Waals surface area contributed by atoms with Crippen molar-refractivity contribution >= 4 is 19.7 Å². The minimum absolute atomic E-state index is 0.169. The number of amides is 1. The molecule has 1 unspecified atom stereocenters. The number of ether oxygens (including phenoxy) is 2. The SMILES string of the molecule is CCCCCCCCCCCCCCCC(=O)O[C@H]1C(O)[C@@H](COP(=O)(O)O)O[C@H]1[n+]1cccc(C(N)=O)c1. The molecule has 2 rings (SSSR count). The molecule has 1 aliphatic rings. The Kier molecular flexibility index (Phi) is 15.2. The Bertz CT molecular complexity index is 926. The Hall–Kier alpha value is -1.88. The largest absolute Gasteiger partial charge is 0.469 e. The van der Waals surface area contributed by atoms with Crippen molar-refractivity contribution in [1.82, 2.24) is 0 Å². The maximum atomic E-state index is 12.6. The lowest BCUT2D eigenvalue weighted by Gasteiger charge is -2.18. The van der Waals surface area contributed by atoms with Crippen LogP contribution in [0.3, 0.4) is 0 Å². The average molecular weight is 574 g/mol. The summed E-state index contributed by atoms with van der Waals surface area (Å²) in [5, 5.41) is 10.7. The van der Waals surface area contributed by atoms with Gasteiger partial charge in [0.05, 0.1) is 6.61 Å². The molecule has 12 heteroatoms. The van der Waals surface area contributed by atoms with Gasteiger partial charge in [0.1, 0.15) is 17.8 Å². The van der Waals surface area contributed by atoms with Crippen LogP contribution in [0.5, 0.6) is 0 Å². The number of hydrogen-bond donors (Lipinski definition) is 4. The number of nitrogens with two attached hydrogens (primary N) is 1. The van der Waals surface area contributed by atoms with E-state index in [-0.39, 0.29) is 12.0 Å². The molecule has 11 nitrogen and oxygen atoms in total. The van der Waals surface area contributed by atoms with E-state index in [0.29, 0.717) is 6.42 Å². The van der Waals surface area contributed by atoms with Crippen molar-refractivity contribution in [3.63, 3.8) is 0 Å². The molecule has 39 heavy (non-hydrogen) atoms. The van der Waals surface area contributed by atoms with Crippen LogP contribution in [-0.2, 0) is 23.4 Å². The van der Waals surface area contributed by atoms with Crippen molar-refractivity contribution in [3.8, 4) is 0 Å². The van der Waals surface area contributed by atoms with Crippen LogP contribution < -0.4 is 10.3 Å². The third-order valence-corrected chi connectivity index (χ3v) is 7.36. The first kappa shape index (κ1) is 33.3. The lowest BCUT2D eigenvalue weighted by Crippen LogP contribution is -2.48. The summed E-state index contributed by atoms with van der Waals surface area (Å²) in [6.45, 7) is 1.61. The van der Waals surface area contributed by atoms with Crippen LogP contribution in [0.1, 0.15) is 113 Å². The Labute approximate surface area is 231 Å². The molecule has 0 saturated carbocycles. The van der Waals surface area contributed by atoms with Gasteiger partial charge in [0.15, 0.2) is 12.4 Å². The van der Waals surface area contributed by atoms with E-state index in [1.54, 1.807) is 12.3 Å². The van der Waals surface area contributed by atoms with Gasteiger partial charge in [-0.05, 0) is 12.5 Å². The van der Waals surface area contributed by atoms with E-state index in [0.717, 1.165) is 19.3 Å². The number of nitrogens with zero attached hydrogens (tertiary/aromatic N) is 1. The highest BCUT2D eigenvalue weighted by molar-refractivity contribution is 7.46. The summed E-state index contributed by atoms with van der Waals surface area (Å²) >= 11 is 0. The van der Waals surface area contributed by atoms with E-state index in [1.165, 1.54) is 74.6 Å². The number of aliphatic hydroxyl groups excluding tert-OH is 1. The van der Waals surface area contributed by atoms with Crippen molar-refractivity contribution in [2.24, 2.45) is 5.73 Å². The van der Waals surface area contributed by atoms with Gasteiger partial charge in [-0.3, -0.25) is 14.1 Å². The zero-order valence-electron chi connectivity index (χ0n) is 23.0. The number of unbranched alkanes of at least 4 members (excludes halogenated alkanes) is 12. The predicted molar refractivity (Wildman–Crippen MR) is 143 cm³/mol. The van der Waals surface area contributed by atoms with Crippen molar-refractivity contribution in [2.75, 3.05) is 6.61 Å². The van der Waals surface area contributed by atoms with E-state index in [4.69, 9.17) is 25.0 Å². The first-order valence-electron chi connectivity index (χ1n) is 14.2. The van der Waals surface area contributed by atoms with Crippen LogP contribution in [0.15, 0.2) is 24.5 Å². The van der Waals surface area contributed by atoms with Gasteiger partial charge in [-0.25, -0.2) is 4.57 Å². The van der Waals surface area contributed by atoms with Crippen LogP contribution in [0, 0.1) is 0 Å². The van der Waals surface area contributed by atoms with Crippen molar-refractivity contribution < 1.29 is 47.6 Å². The fourth-order valence-corrected chi connectivity index (χ4v) is 5.03. The number of phosphoric acid groups is 1. The molecule has 0 aliphatic carbocycles. The minimum Gasteiger partial charge on any atom is -0.449 e. The van der Waals surface area contributed by atoms with Gasteiger partial charge in [-0.2, -0.15) is 4.57 Å². The summed E-state index contributed by atoms with van der Waals surface area (Å²) in [4.78, 5) is 42.2. The first-order valence-corrected chi connectivity index (χ1v) is 15.7. The quantitative estimate of drug-likeness (QED) is 0.0783. The molecule has 0 radical (unpaired) electrons. The molecule has 1 aromatic rings. The third kappa shape index (κ3) is 12.9. The Morgan fingerprint density at radius 2 is 1.56 bits per heavy atom. The molecule has 0 bridgehead atoms. The normalized spacial score (nSPS) is 21.2. The highest BCUT2D eigenvalue weighted by Crippen LogP contribution is 2.38. The predicted octanol–water partition coefficient (Wildman–Crippen LogP) is 3.83. The van der Waals surface area contributed by atoms with Gasteiger partial charge in [-0.1, -0.05) is 84.0 Å². The summed E-state index contributed by atoms with van der Waals surface area (Å²) in [6.07, 6.45) is 13.7. The average Bonchev–Trinajstić information content (AvgIpc) is 3.20. The molecular weight excluding hydrogens is 527 g/mol. The highest BCUT2D eigenvalue weighted by Gasteiger charge is 2.52. The number of pyridine rings is 1.